The van der Waals surface area contributed by atoms with E-state index in [0.29, 0.717) is 17.1 Å². The van der Waals surface area contributed by atoms with Crippen molar-refractivity contribution in [2.24, 2.45) is 0 Å². The van der Waals surface area contributed by atoms with Crippen LogP contribution in [0.5, 0.6) is 0 Å². The maximum absolute atomic E-state index is 13.5. The van der Waals surface area contributed by atoms with E-state index in [2.05, 4.69) is 28.3 Å². The molecule has 0 amide bonds. The number of pyridine rings is 1. The molecule has 0 saturated carbocycles. The lowest BCUT2D eigenvalue weighted by Crippen LogP contribution is -2.26. The molecular weight excluding hydrogens is 477 g/mol. The lowest BCUT2D eigenvalue weighted by atomic mass is 10.2. The number of nitrogens with zero attached hydrogens (tertiary/aromatic N) is 6. The maximum Gasteiger partial charge on any atom is 0.419 e. The van der Waals surface area contributed by atoms with Gasteiger partial charge in [0, 0.05) is 17.8 Å². The van der Waals surface area contributed by atoms with E-state index in [4.69, 9.17) is 0 Å². The molecule has 1 unspecified atom stereocenters. The average molecular weight is 503 g/mol. The highest BCUT2D eigenvalue weighted by molar-refractivity contribution is 7.86. The Morgan fingerprint density at radius 3 is 2.43 bits per heavy atom. The van der Waals surface area contributed by atoms with Crippen molar-refractivity contribution >= 4 is 27.6 Å². The van der Waals surface area contributed by atoms with Gasteiger partial charge in [-0.2, -0.15) is 23.4 Å². The van der Waals surface area contributed by atoms with Crippen LogP contribution in [0.2, 0.25) is 0 Å². The number of fused-ring (bicyclic) bond motifs is 1. The molecule has 1 aromatic carbocycles. The molecule has 184 valence electrons. The van der Waals surface area contributed by atoms with Gasteiger partial charge < -0.3 is 0 Å². The van der Waals surface area contributed by atoms with Gasteiger partial charge in [-0.3, -0.25) is 8.99 Å². The summed E-state index contributed by atoms with van der Waals surface area (Å²) in [6, 6.07) is 8.62. The number of hydrogen-bond acceptors (Lipinski definition) is 4. The molecule has 0 fully saturated rings. The first-order chi connectivity index (χ1) is 16.8. The lowest BCUT2D eigenvalue weighted by molar-refractivity contribution is -0.137. The topological polar surface area (TPSA) is 68.8 Å². The van der Waals surface area contributed by atoms with Crippen LogP contribution >= 0.6 is 0 Å². The van der Waals surface area contributed by atoms with Crippen LogP contribution in [0.1, 0.15) is 19.4 Å². The third-order valence-corrected chi connectivity index (χ3v) is 6.16. The van der Waals surface area contributed by atoms with Gasteiger partial charge in [-0.15, -0.1) is 13.2 Å². The van der Waals surface area contributed by atoms with E-state index < -0.39 is 22.7 Å². The number of alkyl halides is 3. The Labute approximate surface area is 203 Å². The quantitative estimate of drug-likeness (QED) is 0.296. The molecule has 0 aliphatic carbocycles. The third-order valence-electron chi connectivity index (χ3n) is 4.77. The van der Waals surface area contributed by atoms with E-state index in [1.807, 2.05) is 32.0 Å². The molecule has 3 aromatic heterocycles. The van der Waals surface area contributed by atoms with Crippen molar-refractivity contribution < 1.29 is 17.4 Å². The van der Waals surface area contributed by atoms with Gasteiger partial charge in [-0.25, -0.2) is 13.9 Å². The van der Waals surface area contributed by atoms with E-state index in [-0.39, 0.29) is 12.4 Å². The third kappa shape index (κ3) is 5.51. The molecule has 0 spiro atoms. The maximum atomic E-state index is 13.5. The minimum atomic E-state index is -4.50. The smallest absolute Gasteiger partial charge is 0.282 e. The highest BCUT2D eigenvalue weighted by Crippen LogP contribution is 2.31. The van der Waals surface area contributed by atoms with Crippen LogP contribution in [0.15, 0.2) is 85.3 Å². The summed E-state index contributed by atoms with van der Waals surface area (Å²) in [7, 11) is -1.67. The summed E-state index contributed by atoms with van der Waals surface area (Å²) >= 11 is 0. The van der Waals surface area contributed by atoms with Crippen molar-refractivity contribution in [2.75, 3.05) is 10.8 Å². The monoisotopic (exact) mass is 502 g/mol. The standard InChI is InChI=1S/C22H19F3N6OS.C2H6/c1-3-10-29-21-16(12-27-29)6-5-7-19(21)31(11-4-2)33(32)18-8-9-20(26-14-18)30-15-17(13-28-30)22(23,24)25;1-2/h3-9,12-15H,1-2,10-11H2;1-2H3. The normalized spacial score (nSPS) is 12.0. The fourth-order valence-electron chi connectivity index (χ4n) is 3.29. The summed E-state index contributed by atoms with van der Waals surface area (Å²) in [4.78, 5) is 4.53. The van der Waals surface area contributed by atoms with Crippen LogP contribution in [0.4, 0.5) is 18.9 Å². The Morgan fingerprint density at radius 1 is 1.06 bits per heavy atom. The second kappa shape index (κ2) is 11.1. The second-order valence-corrected chi connectivity index (χ2v) is 8.36. The molecule has 0 N–H and O–H groups in total. The predicted molar refractivity (Wildman–Crippen MR) is 132 cm³/mol. The second-order valence-electron chi connectivity index (χ2n) is 6.95. The zero-order chi connectivity index (χ0) is 25.6. The molecule has 0 aliphatic heterocycles. The van der Waals surface area contributed by atoms with E-state index in [0.717, 1.165) is 28.0 Å². The molecule has 0 bridgehead atoms. The Morgan fingerprint density at radius 2 is 1.83 bits per heavy atom. The van der Waals surface area contributed by atoms with Gasteiger partial charge in [0.2, 0.25) is 0 Å². The number of para-hydroxylation sites is 1. The fourth-order valence-corrected chi connectivity index (χ4v) is 4.44. The SMILES string of the molecule is C=CCN(c1cccc2cnn(CC=C)c12)S(=O)c1ccc(-n2cc(C(F)(F)F)cn2)nc1.CC. The molecule has 0 aliphatic rings. The minimum absolute atomic E-state index is 0.174. The van der Waals surface area contributed by atoms with E-state index in [1.165, 1.54) is 12.3 Å². The molecule has 0 saturated heterocycles. The van der Waals surface area contributed by atoms with Gasteiger partial charge in [-0.1, -0.05) is 38.1 Å². The van der Waals surface area contributed by atoms with Crippen molar-refractivity contribution in [2.45, 2.75) is 31.5 Å². The summed E-state index contributed by atoms with van der Waals surface area (Å²) in [5.41, 5.74) is 0.614. The van der Waals surface area contributed by atoms with E-state index in [1.54, 1.807) is 33.4 Å². The number of benzene rings is 1. The van der Waals surface area contributed by atoms with Crippen LogP contribution in [0, 0.1) is 0 Å². The molecule has 4 rings (SSSR count). The molecular formula is C24H25F3N6OS. The first kappa shape index (κ1) is 25.9. The van der Waals surface area contributed by atoms with Crippen molar-refractivity contribution in [3.05, 3.63) is 86.0 Å². The van der Waals surface area contributed by atoms with Gasteiger partial charge in [-0.05, 0) is 18.2 Å². The minimum Gasteiger partial charge on any atom is -0.282 e. The number of hydrogen-bond donors (Lipinski definition) is 0. The Kier molecular flexibility index (Phi) is 8.23. The first-order valence-electron chi connectivity index (χ1n) is 10.8. The molecule has 3 heterocycles. The zero-order valence-electron chi connectivity index (χ0n) is 19.3. The van der Waals surface area contributed by atoms with Crippen molar-refractivity contribution in [1.82, 2.24) is 24.5 Å². The zero-order valence-corrected chi connectivity index (χ0v) is 20.1. The lowest BCUT2D eigenvalue weighted by Gasteiger charge is -2.23. The van der Waals surface area contributed by atoms with Gasteiger partial charge in [0.1, 0.15) is 0 Å². The Balaban J connectivity index is 0.00000167. The number of aromatic nitrogens is 5. The molecule has 4 aromatic rings. The number of anilines is 1. The highest BCUT2D eigenvalue weighted by Gasteiger charge is 2.32. The van der Waals surface area contributed by atoms with Gasteiger partial charge >= 0.3 is 6.18 Å². The predicted octanol–water partition coefficient (Wildman–Crippen LogP) is 5.56. The van der Waals surface area contributed by atoms with Crippen LogP contribution in [0.25, 0.3) is 16.7 Å². The summed E-state index contributed by atoms with van der Waals surface area (Å²) in [5.74, 6) is 0.174. The van der Waals surface area contributed by atoms with Crippen LogP contribution < -0.4 is 4.31 Å². The summed E-state index contributed by atoms with van der Waals surface area (Å²) in [6.45, 7) is 12.3. The summed E-state index contributed by atoms with van der Waals surface area (Å²) in [5, 5.41) is 8.97. The number of allylic oxidation sites excluding steroid dienone is 1. The van der Waals surface area contributed by atoms with Crippen molar-refractivity contribution in [1.29, 1.82) is 0 Å². The van der Waals surface area contributed by atoms with Crippen LogP contribution in [0.3, 0.4) is 0 Å². The van der Waals surface area contributed by atoms with E-state index >= 15 is 0 Å². The Bertz CT molecular complexity index is 1330. The molecule has 11 heteroatoms. The van der Waals surface area contributed by atoms with Gasteiger partial charge in [0.25, 0.3) is 0 Å². The van der Waals surface area contributed by atoms with Crippen molar-refractivity contribution in [3.8, 4) is 5.82 Å². The number of halogens is 3. The molecule has 35 heavy (non-hydrogen) atoms. The highest BCUT2D eigenvalue weighted by atomic mass is 32.2. The first-order valence-corrected chi connectivity index (χ1v) is 11.9. The number of rotatable bonds is 8. The van der Waals surface area contributed by atoms with Crippen molar-refractivity contribution in [3.63, 3.8) is 0 Å². The van der Waals surface area contributed by atoms with E-state index in [9.17, 15) is 17.4 Å². The summed E-state index contributed by atoms with van der Waals surface area (Å²) < 4.78 is 56.4. The molecule has 7 nitrogen and oxygen atoms in total. The Hall–Kier alpha value is -3.73. The summed E-state index contributed by atoms with van der Waals surface area (Å²) in [6.07, 6.45) is 3.53. The largest absolute Gasteiger partial charge is 0.419 e. The fraction of sp³-hybridized carbons (Fsp3) is 0.208. The van der Waals surface area contributed by atoms with Gasteiger partial charge in [0.15, 0.2) is 16.8 Å². The van der Waals surface area contributed by atoms with Gasteiger partial charge in [0.05, 0.1) is 47.1 Å². The molecule has 1 atom stereocenters. The van der Waals surface area contributed by atoms with Crippen LogP contribution in [-0.4, -0.2) is 35.3 Å². The molecule has 0 radical (unpaired) electrons. The average Bonchev–Trinajstić information content (AvgIpc) is 3.52. The van der Waals surface area contributed by atoms with Crippen LogP contribution in [-0.2, 0) is 23.7 Å².